The Hall–Kier alpha value is -3.29. The Labute approximate surface area is 180 Å². The second-order valence-corrected chi connectivity index (χ2v) is 8.03. The van der Waals surface area contributed by atoms with Crippen molar-refractivity contribution in [1.29, 1.82) is 0 Å². The van der Waals surface area contributed by atoms with Gasteiger partial charge in [0.1, 0.15) is 5.82 Å². The molecule has 4 rings (SSSR count). The number of anilines is 1. The molecule has 0 spiro atoms. The quantitative estimate of drug-likeness (QED) is 0.622. The van der Waals surface area contributed by atoms with Crippen molar-refractivity contribution in [3.8, 4) is 11.1 Å². The van der Waals surface area contributed by atoms with E-state index in [0.29, 0.717) is 24.1 Å². The number of oxazole rings is 1. The molecule has 1 atom stereocenters. The molecule has 1 saturated heterocycles. The lowest BCUT2D eigenvalue weighted by Gasteiger charge is -2.36. The van der Waals surface area contributed by atoms with E-state index >= 15 is 0 Å². The number of aromatic nitrogens is 3. The molecule has 1 amide bonds. The van der Waals surface area contributed by atoms with Crippen molar-refractivity contribution in [2.45, 2.75) is 39.2 Å². The summed E-state index contributed by atoms with van der Waals surface area (Å²) in [5.41, 5.74) is 2.95. The largest absolute Gasteiger partial charge is 0.436 e. The van der Waals surface area contributed by atoms with E-state index in [1.807, 2.05) is 23.9 Å². The number of nitrogens with zero attached hydrogens (tertiary/aromatic N) is 5. The monoisotopic (exact) mass is 423 g/mol. The molecule has 0 radical (unpaired) electrons. The molecule has 3 heterocycles. The molecule has 1 aliphatic heterocycles. The lowest BCUT2D eigenvalue weighted by molar-refractivity contribution is 0.0572. The molecule has 162 valence electrons. The van der Waals surface area contributed by atoms with Crippen LogP contribution in [0.15, 0.2) is 34.9 Å². The number of amides is 1. The number of benzene rings is 1. The lowest BCUT2D eigenvalue weighted by Crippen LogP contribution is -2.39. The van der Waals surface area contributed by atoms with Gasteiger partial charge in [-0.05, 0) is 43.9 Å². The number of hydrogen-bond acceptors (Lipinski definition) is 6. The van der Waals surface area contributed by atoms with Crippen LogP contribution >= 0.6 is 0 Å². The standard InChI is InChI=1S/C23H26FN5O2/c1-14-21(31-15(2)26-14)22(30)29-12-6-5-7-19(29)20-18(13-25-23(27-20)28(3)4)16-8-10-17(24)11-9-16/h8-11,13,19H,5-7,12H2,1-4H3/t19-/m1/s1. The molecule has 1 fully saturated rings. The zero-order chi connectivity index (χ0) is 22.1. The van der Waals surface area contributed by atoms with Crippen LogP contribution < -0.4 is 4.90 Å². The summed E-state index contributed by atoms with van der Waals surface area (Å²) in [5.74, 6) is 0.818. The average Bonchev–Trinajstić information content (AvgIpc) is 3.11. The Kier molecular flexibility index (Phi) is 5.71. The van der Waals surface area contributed by atoms with Gasteiger partial charge in [0.05, 0.1) is 17.4 Å². The molecule has 0 unspecified atom stereocenters. The highest BCUT2D eigenvalue weighted by atomic mass is 19.1. The van der Waals surface area contributed by atoms with Gasteiger partial charge in [-0.3, -0.25) is 4.79 Å². The first-order valence-corrected chi connectivity index (χ1v) is 10.4. The molecule has 2 aromatic heterocycles. The second-order valence-electron chi connectivity index (χ2n) is 8.03. The topological polar surface area (TPSA) is 75.4 Å². The van der Waals surface area contributed by atoms with Gasteiger partial charge < -0.3 is 14.2 Å². The van der Waals surface area contributed by atoms with Gasteiger partial charge in [0, 0.05) is 39.3 Å². The van der Waals surface area contributed by atoms with Gasteiger partial charge in [-0.1, -0.05) is 12.1 Å². The van der Waals surface area contributed by atoms with Gasteiger partial charge in [0.15, 0.2) is 5.89 Å². The molecule has 8 heteroatoms. The van der Waals surface area contributed by atoms with Crippen molar-refractivity contribution < 1.29 is 13.6 Å². The third kappa shape index (κ3) is 4.15. The molecular weight excluding hydrogens is 397 g/mol. The van der Waals surface area contributed by atoms with Gasteiger partial charge in [0.2, 0.25) is 11.7 Å². The third-order valence-corrected chi connectivity index (χ3v) is 5.54. The first-order chi connectivity index (χ1) is 14.8. The fourth-order valence-electron chi connectivity index (χ4n) is 4.03. The number of carbonyl (C=O) groups excluding carboxylic acids is 1. The Morgan fingerprint density at radius 1 is 1.16 bits per heavy atom. The number of carbonyl (C=O) groups is 1. The van der Waals surface area contributed by atoms with Crippen LogP contribution in [-0.4, -0.2) is 46.4 Å². The average molecular weight is 423 g/mol. The first-order valence-electron chi connectivity index (χ1n) is 10.4. The predicted octanol–water partition coefficient (Wildman–Crippen LogP) is 4.32. The highest BCUT2D eigenvalue weighted by molar-refractivity contribution is 5.93. The molecule has 31 heavy (non-hydrogen) atoms. The highest BCUT2D eigenvalue weighted by Crippen LogP contribution is 2.37. The minimum Gasteiger partial charge on any atom is -0.436 e. The van der Waals surface area contributed by atoms with Crippen molar-refractivity contribution in [3.63, 3.8) is 0 Å². The minimum atomic E-state index is -0.304. The molecule has 1 aliphatic rings. The van der Waals surface area contributed by atoms with E-state index in [4.69, 9.17) is 9.40 Å². The van der Waals surface area contributed by atoms with Crippen molar-refractivity contribution in [2.24, 2.45) is 0 Å². The molecule has 0 aliphatic carbocycles. The van der Waals surface area contributed by atoms with Crippen LogP contribution in [0.2, 0.25) is 0 Å². The van der Waals surface area contributed by atoms with Gasteiger partial charge in [-0.25, -0.2) is 19.3 Å². The number of piperidine rings is 1. The van der Waals surface area contributed by atoms with E-state index in [9.17, 15) is 9.18 Å². The fourth-order valence-corrected chi connectivity index (χ4v) is 4.03. The number of rotatable bonds is 4. The van der Waals surface area contributed by atoms with Crippen molar-refractivity contribution in [3.05, 3.63) is 59.3 Å². The smallest absolute Gasteiger partial charge is 0.292 e. The maximum absolute atomic E-state index is 13.5. The van der Waals surface area contributed by atoms with Crippen LogP contribution in [0.1, 0.15) is 53.1 Å². The van der Waals surface area contributed by atoms with Gasteiger partial charge >= 0.3 is 0 Å². The zero-order valence-electron chi connectivity index (χ0n) is 18.2. The van der Waals surface area contributed by atoms with Crippen molar-refractivity contribution in [2.75, 3.05) is 25.5 Å². The van der Waals surface area contributed by atoms with Crippen LogP contribution in [0.25, 0.3) is 11.1 Å². The number of likely N-dealkylation sites (tertiary alicyclic amines) is 1. The number of halogens is 1. The third-order valence-electron chi connectivity index (χ3n) is 5.54. The zero-order valence-corrected chi connectivity index (χ0v) is 18.2. The molecule has 7 nitrogen and oxygen atoms in total. The second kappa shape index (κ2) is 8.45. The van der Waals surface area contributed by atoms with E-state index in [2.05, 4.69) is 9.97 Å². The van der Waals surface area contributed by atoms with E-state index in [0.717, 1.165) is 36.1 Å². The summed E-state index contributed by atoms with van der Waals surface area (Å²) in [6.07, 6.45) is 4.42. The minimum absolute atomic E-state index is 0.183. The molecule has 0 bridgehead atoms. The van der Waals surface area contributed by atoms with Gasteiger partial charge in [-0.2, -0.15) is 0 Å². The summed E-state index contributed by atoms with van der Waals surface area (Å²) in [4.78, 5) is 30.6. The van der Waals surface area contributed by atoms with Crippen molar-refractivity contribution >= 4 is 11.9 Å². The van der Waals surface area contributed by atoms with Crippen LogP contribution in [-0.2, 0) is 0 Å². The Morgan fingerprint density at radius 3 is 2.55 bits per heavy atom. The predicted molar refractivity (Wildman–Crippen MR) is 115 cm³/mol. The SMILES string of the molecule is Cc1nc(C)c(C(=O)N2CCCC[C@@H]2c2nc(N(C)C)ncc2-c2ccc(F)cc2)o1. The fraction of sp³-hybridized carbons (Fsp3) is 0.391. The molecule has 0 N–H and O–H groups in total. The van der Waals surface area contributed by atoms with Gasteiger partial charge in [-0.15, -0.1) is 0 Å². The summed E-state index contributed by atoms with van der Waals surface area (Å²) >= 11 is 0. The summed E-state index contributed by atoms with van der Waals surface area (Å²) in [5, 5.41) is 0. The van der Waals surface area contributed by atoms with E-state index < -0.39 is 0 Å². The summed E-state index contributed by atoms with van der Waals surface area (Å²) in [7, 11) is 3.75. The van der Waals surface area contributed by atoms with Crippen LogP contribution in [0, 0.1) is 19.7 Å². The Balaban J connectivity index is 1.81. The van der Waals surface area contributed by atoms with E-state index in [1.165, 1.54) is 12.1 Å². The van der Waals surface area contributed by atoms with E-state index in [1.54, 1.807) is 32.2 Å². The van der Waals surface area contributed by atoms with Gasteiger partial charge in [0.25, 0.3) is 5.91 Å². The summed E-state index contributed by atoms with van der Waals surface area (Å²) in [6.45, 7) is 4.12. The highest BCUT2D eigenvalue weighted by Gasteiger charge is 2.34. The molecule has 0 saturated carbocycles. The number of aryl methyl sites for hydroxylation is 2. The molecule has 3 aromatic rings. The normalized spacial score (nSPS) is 16.4. The first kappa shape index (κ1) is 21.0. The Bertz CT molecular complexity index is 1090. The van der Waals surface area contributed by atoms with Crippen molar-refractivity contribution in [1.82, 2.24) is 19.9 Å². The molecule has 1 aromatic carbocycles. The van der Waals surface area contributed by atoms with E-state index in [-0.39, 0.29) is 23.5 Å². The van der Waals surface area contributed by atoms with Crippen LogP contribution in [0.4, 0.5) is 10.3 Å². The maximum Gasteiger partial charge on any atom is 0.292 e. The summed E-state index contributed by atoms with van der Waals surface area (Å²) in [6, 6.07) is 6.03. The summed E-state index contributed by atoms with van der Waals surface area (Å²) < 4.78 is 19.1. The maximum atomic E-state index is 13.5. The lowest BCUT2D eigenvalue weighted by atomic mass is 9.93. The molecular formula is C23H26FN5O2. The van der Waals surface area contributed by atoms with Crippen LogP contribution in [0.5, 0.6) is 0 Å². The number of hydrogen-bond donors (Lipinski definition) is 0. The van der Waals surface area contributed by atoms with Crippen LogP contribution in [0.3, 0.4) is 0 Å². The Morgan fingerprint density at radius 2 is 1.90 bits per heavy atom.